The van der Waals surface area contributed by atoms with E-state index in [1.165, 1.54) is 0 Å². The van der Waals surface area contributed by atoms with Gasteiger partial charge in [0.05, 0.1) is 29.6 Å². The SMILES string of the molecule is CC(C)OCCNc1ccc2ncccc2c1N. The molecule has 0 aliphatic carbocycles. The van der Waals surface area contributed by atoms with Crippen LogP contribution < -0.4 is 11.1 Å². The summed E-state index contributed by atoms with van der Waals surface area (Å²) in [6.07, 6.45) is 2.02. The molecule has 0 fully saturated rings. The number of ether oxygens (including phenoxy) is 1. The molecule has 1 heterocycles. The molecule has 0 unspecified atom stereocenters. The second kappa shape index (κ2) is 5.69. The number of nitrogens with zero attached hydrogens (tertiary/aromatic N) is 1. The minimum atomic E-state index is 0.255. The summed E-state index contributed by atoms with van der Waals surface area (Å²) in [5.41, 5.74) is 8.71. The highest BCUT2D eigenvalue weighted by Crippen LogP contribution is 2.26. The lowest BCUT2D eigenvalue weighted by atomic mass is 10.1. The van der Waals surface area contributed by atoms with Gasteiger partial charge in [0, 0.05) is 18.1 Å². The maximum absolute atomic E-state index is 6.12. The quantitative estimate of drug-likeness (QED) is 0.628. The van der Waals surface area contributed by atoms with E-state index in [0.717, 1.165) is 28.8 Å². The summed E-state index contributed by atoms with van der Waals surface area (Å²) in [7, 11) is 0. The molecule has 1 aromatic carbocycles. The van der Waals surface area contributed by atoms with Crippen molar-refractivity contribution in [2.24, 2.45) is 0 Å². The Morgan fingerprint density at radius 2 is 2.17 bits per heavy atom. The lowest BCUT2D eigenvalue weighted by molar-refractivity contribution is 0.0871. The fraction of sp³-hybridized carbons (Fsp3) is 0.357. The van der Waals surface area contributed by atoms with Gasteiger partial charge in [-0.2, -0.15) is 0 Å². The lowest BCUT2D eigenvalue weighted by Crippen LogP contribution is -2.14. The van der Waals surface area contributed by atoms with E-state index in [9.17, 15) is 0 Å². The van der Waals surface area contributed by atoms with Crippen LogP contribution in [-0.2, 0) is 4.74 Å². The number of rotatable bonds is 5. The van der Waals surface area contributed by atoms with Crippen LogP contribution in [0.1, 0.15) is 13.8 Å². The van der Waals surface area contributed by atoms with Crippen LogP contribution in [0.2, 0.25) is 0 Å². The maximum Gasteiger partial charge on any atom is 0.0724 e. The number of pyridine rings is 1. The highest BCUT2D eigenvalue weighted by Gasteiger charge is 2.04. The largest absolute Gasteiger partial charge is 0.397 e. The Bertz CT molecular complexity index is 525. The van der Waals surface area contributed by atoms with Crippen molar-refractivity contribution in [3.05, 3.63) is 30.5 Å². The molecule has 4 nitrogen and oxygen atoms in total. The molecule has 0 amide bonds. The molecule has 0 saturated heterocycles. The Morgan fingerprint density at radius 1 is 1.33 bits per heavy atom. The lowest BCUT2D eigenvalue weighted by Gasteiger charge is -2.12. The molecule has 0 aliphatic heterocycles. The summed E-state index contributed by atoms with van der Waals surface area (Å²) in [5.74, 6) is 0. The minimum Gasteiger partial charge on any atom is -0.397 e. The first-order valence-electron chi connectivity index (χ1n) is 6.17. The van der Waals surface area contributed by atoms with Crippen molar-refractivity contribution < 1.29 is 4.74 Å². The standard InChI is InChI=1S/C14H19N3O/c1-10(2)18-9-8-17-13-6-5-12-11(14(13)15)4-3-7-16-12/h3-7,10,17H,8-9,15H2,1-2H3. The van der Waals surface area contributed by atoms with Crippen molar-refractivity contribution in [3.8, 4) is 0 Å². The minimum absolute atomic E-state index is 0.255. The van der Waals surface area contributed by atoms with Crippen molar-refractivity contribution in [1.29, 1.82) is 0 Å². The molecule has 4 heteroatoms. The zero-order chi connectivity index (χ0) is 13.0. The highest BCUT2D eigenvalue weighted by atomic mass is 16.5. The molecular formula is C14H19N3O. The normalized spacial score (nSPS) is 11.1. The number of nitrogens with two attached hydrogens (primary N) is 1. The van der Waals surface area contributed by atoms with E-state index in [1.807, 2.05) is 38.1 Å². The highest BCUT2D eigenvalue weighted by molar-refractivity contribution is 5.96. The number of hydrogen-bond donors (Lipinski definition) is 2. The fourth-order valence-corrected chi connectivity index (χ4v) is 1.81. The monoisotopic (exact) mass is 245 g/mol. The van der Waals surface area contributed by atoms with E-state index in [-0.39, 0.29) is 6.10 Å². The van der Waals surface area contributed by atoms with E-state index in [2.05, 4.69) is 10.3 Å². The van der Waals surface area contributed by atoms with Gasteiger partial charge in [-0.3, -0.25) is 4.98 Å². The van der Waals surface area contributed by atoms with Gasteiger partial charge in [-0.25, -0.2) is 0 Å². The smallest absolute Gasteiger partial charge is 0.0724 e. The number of nitrogen functional groups attached to an aromatic ring is 1. The number of aromatic nitrogens is 1. The zero-order valence-corrected chi connectivity index (χ0v) is 10.8. The van der Waals surface area contributed by atoms with Gasteiger partial charge < -0.3 is 15.8 Å². The van der Waals surface area contributed by atoms with Crippen LogP contribution in [0.3, 0.4) is 0 Å². The van der Waals surface area contributed by atoms with E-state index < -0.39 is 0 Å². The molecule has 0 radical (unpaired) electrons. The molecule has 2 rings (SSSR count). The molecule has 18 heavy (non-hydrogen) atoms. The summed E-state index contributed by atoms with van der Waals surface area (Å²) in [6, 6.07) is 7.80. The Balaban J connectivity index is 2.07. The number of anilines is 2. The second-order valence-corrected chi connectivity index (χ2v) is 4.44. The van der Waals surface area contributed by atoms with Crippen molar-refractivity contribution in [3.63, 3.8) is 0 Å². The summed E-state index contributed by atoms with van der Waals surface area (Å²) in [4.78, 5) is 4.27. The van der Waals surface area contributed by atoms with Crippen LogP contribution in [0.5, 0.6) is 0 Å². The van der Waals surface area contributed by atoms with Crippen molar-refractivity contribution in [2.45, 2.75) is 20.0 Å². The Morgan fingerprint density at radius 3 is 2.94 bits per heavy atom. The van der Waals surface area contributed by atoms with Crippen molar-refractivity contribution in [1.82, 2.24) is 4.98 Å². The van der Waals surface area contributed by atoms with Crippen LogP contribution in [0.15, 0.2) is 30.5 Å². The number of fused-ring (bicyclic) bond motifs is 1. The molecule has 0 aliphatic rings. The van der Waals surface area contributed by atoms with Crippen LogP contribution in [0, 0.1) is 0 Å². The molecule has 0 spiro atoms. The summed E-state index contributed by atoms with van der Waals surface area (Å²) >= 11 is 0. The molecule has 2 aromatic rings. The number of hydrogen-bond acceptors (Lipinski definition) is 4. The van der Waals surface area contributed by atoms with Gasteiger partial charge in [-0.1, -0.05) is 0 Å². The third-order valence-corrected chi connectivity index (χ3v) is 2.70. The van der Waals surface area contributed by atoms with Gasteiger partial charge in [-0.15, -0.1) is 0 Å². The molecule has 0 saturated carbocycles. The molecular weight excluding hydrogens is 226 g/mol. The molecule has 1 aromatic heterocycles. The predicted octanol–water partition coefficient (Wildman–Crippen LogP) is 2.65. The summed E-state index contributed by atoms with van der Waals surface area (Å²) in [5, 5.41) is 4.26. The fourth-order valence-electron chi connectivity index (χ4n) is 1.81. The van der Waals surface area contributed by atoms with Gasteiger partial charge in [0.15, 0.2) is 0 Å². The van der Waals surface area contributed by atoms with Gasteiger partial charge in [-0.05, 0) is 38.1 Å². The Kier molecular flexibility index (Phi) is 3.99. The second-order valence-electron chi connectivity index (χ2n) is 4.44. The maximum atomic E-state index is 6.12. The Hall–Kier alpha value is -1.81. The molecule has 96 valence electrons. The van der Waals surface area contributed by atoms with E-state index in [1.54, 1.807) is 6.20 Å². The molecule has 0 bridgehead atoms. The molecule has 3 N–H and O–H groups in total. The zero-order valence-electron chi connectivity index (χ0n) is 10.8. The number of nitrogens with one attached hydrogen (secondary N) is 1. The average Bonchev–Trinajstić information content (AvgIpc) is 2.37. The van der Waals surface area contributed by atoms with E-state index in [4.69, 9.17) is 10.5 Å². The van der Waals surface area contributed by atoms with E-state index in [0.29, 0.717) is 6.61 Å². The van der Waals surface area contributed by atoms with Gasteiger partial charge >= 0.3 is 0 Å². The van der Waals surface area contributed by atoms with Gasteiger partial charge in [0.1, 0.15) is 0 Å². The summed E-state index contributed by atoms with van der Waals surface area (Å²) < 4.78 is 5.48. The van der Waals surface area contributed by atoms with Gasteiger partial charge in [0.2, 0.25) is 0 Å². The van der Waals surface area contributed by atoms with Crippen LogP contribution >= 0.6 is 0 Å². The summed E-state index contributed by atoms with van der Waals surface area (Å²) in [6.45, 7) is 5.46. The average molecular weight is 245 g/mol. The Labute approximate surface area is 107 Å². The van der Waals surface area contributed by atoms with Crippen LogP contribution in [0.25, 0.3) is 10.9 Å². The number of benzene rings is 1. The van der Waals surface area contributed by atoms with Crippen LogP contribution in [0.4, 0.5) is 11.4 Å². The van der Waals surface area contributed by atoms with Crippen molar-refractivity contribution in [2.75, 3.05) is 24.2 Å². The first-order valence-corrected chi connectivity index (χ1v) is 6.17. The van der Waals surface area contributed by atoms with Gasteiger partial charge in [0.25, 0.3) is 0 Å². The first kappa shape index (κ1) is 12.6. The molecule has 0 atom stereocenters. The first-order chi connectivity index (χ1) is 8.68. The van der Waals surface area contributed by atoms with Crippen molar-refractivity contribution >= 4 is 22.3 Å². The van der Waals surface area contributed by atoms with Crippen LogP contribution in [-0.4, -0.2) is 24.2 Å². The predicted molar refractivity (Wildman–Crippen MR) is 75.7 cm³/mol. The topological polar surface area (TPSA) is 60.2 Å². The third-order valence-electron chi connectivity index (χ3n) is 2.70. The third kappa shape index (κ3) is 2.90. The van der Waals surface area contributed by atoms with E-state index >= 15 is 0 Å².